The van der Waals surface area contributed by atoms with Crippen molar-refractivity contribution in [3.05, 3.63) is 83.5 Å². The number of aromatic nitrogens is 2. The van der Waals surface area contributed by atoms with E-state index in [9.17, 15) is 4.79 Å². The van der Waals surface area contributed by atoms with Gasteiger partial charge in [0, 0.05) is 30.3 Å². The number of benzene rings is 1. The zero-order valence-corrected chi connectivity index (χ0v) is 10.2. The van der Waals surface area contributed by atoms with Crippen LogP contribution < -0.4 is 5.56 Å². The van der Waals surface area contributed by atoms with Crippen molar-refractivity contribution in [1.29, 1.82) is 0 Å². The van der Waals surface area contributed by atoms with Crippen LogP contribution >= 0.6 is 0 Å². The Balaban J connectivity index is 2.07. The van der Waals surface area contributed by atoms with Gasteiger partial charge in [-0.3, -0.25) is 14.3 Å². The molecule has 0 fully saturated rings. The fourth-order valence-electron chi connectivity index (χ4n) is 2.00. The molecule has 2 heterocycles. The van der Waals surface area contributed by atoms with Crippen molar-refractivity contribution in [2.45, 2.75) is 0 Å². The summed E-state index contributed by atoms with van der Waals surface area (Å²) in [7, 11) is 0. The van der Waals surface area contributed by atoms with Gasteiger partial charge in [0.15, 0.2) is 0 Å². The summed E-state index contributed by atoms with van der Waals surface area (Å²) < 4.78 is 1.63. The zero-order valence-electron chi connectivity index (χ0n) is 10.2. The van der Waals surface area contributed by atoms with E-state index in [1.54, 1.807) is 29.2 Å². The van der Waals surface area contributed by atoms with Crippen LogP contribution in [-0.4, -0.2) is 9.55 Å². The topological polar surface area (TPSA) is 34.9 Å². The van der Waals surface area contributed by atoms with Gasteiger partial charge in [-0.05, 0) is 41.5 Å². The Morgan fingerprint density at radius 2 is 1.58 bits per heavy atom. The van der Waals surface area contributed by atoms with Gasteiger partial charge in [-0.2, -0.15) is 0 Å². The smallest absolute Gasteiger partial charge is 0.255 e. The summed E-state index contributed by atoms with van der Waals surface area (Å²) in [6.07, 6.45) is 5.24. The van der Waals surface area contributed by atoms with Gasteiger partial charge in [0.1, 0.15) is 0 Å². The van der Waals surface area contributed by atoms with E-state index >= 15 is 0 Å². The number of nitrogens with zero attached hydrogens (tertiary/aromatic N) is 2. The van der Waals surface area contributed by atoms with Gasteiger partial charge < -0.3 is 0 Å². The summed E-state index contributed by atoms with van der Waals surface area (Å²) in [5, 5.41) is 0. The molecule has 0 aliphatic carbocycles. The molecule has 0 radical (unpaired) electrons. The molecular weight excluding hydrogens is 236 g/mol. The molecular formula is C16H12N2O. The fourth-order valence-corrected chi connectivity index (χ4v) is 2.00. The van der Waals surface area contributed by atoms with Crippen LogP contribution in [0.3, 0.4) is 0 Å². The lowest BCUT2D eigenvalue weighted by atomic mass is 10.1. The molecule has 0 spiro atoms. The maximum atomic E-state index is 12.2. The third-order valence-corrected chi connectivity index (χ3v) is 2.97. The fraction of sp³-hybridized carbons (Fsp3) is 0. The second-order valence-electron chi connectivity index (χ2n) is 4.20. The lowest BCUT2D eigenvalue weighted by Gasteiger charge is -2.07. The molecule has 2 aromatic heterocycles. The molecule has 0 saturated carbocycles. The number of pyridine rings is 2. The van der Waals surface area contributed by atoms with Crippen molar-refractivity contribution >= 4 is 0 Å². The Bertz CT molecular complexity index is 733. The second-order valence-corrected chi connectivity index (χ2v) is 4.20. The monoisotopic (exact) mass is 248 g/mol. The van der Waals surface area contributed by atoms with E-state index in [-0.39, 0.29) is 5.56 Å². The Morgan fingerprint density at radius 1 is 0.842 bits per heavy atom. The van der Waals surface area contributed by atoms with E-state index in [1.807, 2.05) is 48.5 Å². The normalized spacial score (nSPS) is 10.3. The van der Waals surface area contributed by atoms with Crippen molar-refractivity contribution in [3.8, 4) is 16.8 Å². The first-order chi connectivity index (χ1) is 9.34. The van der Waals surface area contributed by atoms with Crippen molar-refractivity contribution in [2.24, 2.45) is 0 Å². The van der Waals surface area contributed by atoms with Crippen LogP contribution in [0.15, 0.2) is 78.0 Å². The van der Waals surface area contributed by atoms with Crippen molar-refractivity contribution in [3.63, 3.8) is 0 Å². The van der Waals surface area contributed by atoms with Crippen LogP contribution in [-0.2, 0) is 0 Å². The number of hydrogen-bond acceptors (Lipinski definition) is 2. The van der Waals surface area contributed by atoms with Crippen LogP contribution in [0.5, 0.6) is 0 Å². The van der Waals surface area contributed by atoms with Crippen molar-refractivity contribution in [1.82, 2.24) is 9.55 Å². The predicted molar refractivity (Wildman–Crippen MR) is 75.3 cm³/mol. The predicted octanol–water partition coefficient (Wildman–Crippen LogP) is 2.90. The lowest BCUT2D eigenvalue weighted by Crippen LogP contribution is -2.16. The third-order valence-electron chi connectivity index (χ3n) is 2.97. The molecule has 3 aromatic rings. The van der Waals surface area contributed by atoms with Crippen LogP contribution in [0.1, 0.15) is 0 Å². The van der Waals surface area contributed by atoms with Gasteiger partial charge in [-0.1, -0.05) is 18.2 Å². The zero-order chi connectivity index (χ0) is 13.1. The maximum absolute atomic E-state index is 12.2. The van der Waals surface area contributed by atoms with Gasteiger partial charge in [-0.25, -0.2) is 0 Å². The lowest BCUT2D eigenvalue weighted by molar-refractivity contribution is 0.992. The standard InChI is InChI=1S/C16H12N2O/c19-16-12-14(13-6-9-17-10-7-13)8-11-18(16)15-4-2-1-3-5-15/h1-12H. The minimum absolute atomic E-state index is 0.0412. The highest BCUT2D eigenvalue weighted by molar-refractivity contribution is 5.62. The first-order valence-corrected chi connectivity index (χ1v) is 6.03. The highest BCUT2D eigenvalue weighted by Gasteiger charge is 2.02. The molecule has 0 saturated heterocycles. The van der Waals surface area contributed by atoms with E-state index in [2.05, 4.69) is 4.98 Å². The summed E-state index contributed by atoms with van der Waals surface area (Å²) in [6.45, 7) is 0. The number of hydrogen-bond donors (Lipinski definition) is 0. The molecule has 0 aliphatic heterocycles. The largest absolute Gasteiger partial charge is 0.284 e. The molecule has 1 aromatic carbocycles. The van der Waals surface area contributed by atoms with E-state index in [4.69, 9.17) is 0 Å². The first kappa shape index (κ1) is 11.4. The molecule has 0 unspecified atom stereocenters. The van der Waals surface area contributed by atoms with Gasteiger partial charge in [0.05, 0.1) is 0 Å². The summed E-state index contributed by atoms with van der Waals surface area (Å²) in [4.78, 5) is 16.1. The SMILES string of the molecule is O=c1cc(-c2ccncc2)ccn1-c1ccccc1. The molecule has 19 heavy (non-hydrogen) atoms. The Morgan fingerprint density at radius 3 is 2.26 bits per heavy atom. The van der Waals surface area contributed by atoms with Gasteiger partial charge >= 0.3 is 0 Å². The molecule has 0 bridgehead atoms. The highest BCUT2D eigenvalue weighted by atomic mass is 16.1. The number of rotatable bonds is 2. The Kier molecular flexibility index (Phi) is 2.94. The van der Waals surface area contributed by atoms with Gasteiger partial charge in [0.2, 0.25) is 0 Å². The van der Waals surface area contributed by atoms with Crippen LogP contribution in [0.4, 0.5) is 0 Å². The van der Waals surface area contributed by atoms with E-state index in [1.165, 1.54) is 0 Å². The van der Waals surface area contributed by atoms with Gasteiger partial charge in [-0.15, -0.1) is 0 Å². The summed E-state index contributed by atoms with van der Waals surface area (Å²) in [5.74, 6) is 0. The summed E-state index contributed by atoms with van der Waals surface area (Å²) in [6, 6.07) is 16.9. The van der Waals surface area contributed by atoms with Gasteiger partial charge in [0.25, 0.3) is 5.56 Å². The van der Waals surface area contributed by atoms with Crippen LogP contribution in [0.2, 0.25) is 0 Å². The molecule has 0 atom stereocenters. The quantitative estimate of drug-likeness (QED) is 0.699. The minimum atomic E-state index is -0.0412. The third kappa shape index (κ3) is 2.31. The second kappa shape index (κ2) is 4.90. The van der Waals surface area contributed by atoms with Crippen LogP contribution in [0, 0.1) is 0 Å². The maximum Gasteiger partial charge on any atom is 0.255 e. The average Bonchev–Trinajstić information content (AvgIpc) is 2.49. The molecule has 0 amide bonds. The molecule has 0 aliphatic rings. The van der Waals surface area contributed by atoms with Crippen molar-refractivity contribution < 1.29 is 0 Å². The Labute approximate surface area is 110 Å². The molecule has 92 valence electrons. The molecule has 3 nitrogen and oxygen atoms in total. The minimum Gasteiger partial charge on any atom is -0.284 e. The summed E-state index contributed by atoms with van der Waals surface area (Å²) in [5.41, 5.74) is 2.72. The molecule has 0 N–H and O–H groups in total. The molecule has 3 rings (SSSR count). The van der Waals surface area contributed by atoms with Crippen LogP contribution in [0.25, 0.3) is 16.8 Å². The molecule has 3 heteroatoms. The van der Waals surface area contributed by atoms with E-state index in [0.29, 0.717) is 0 Å². The highest BCUT2D eigenvalue weighted by Crippen LogP contribution is 2.16. The van der Waals surface area contributed by atoms with Crippen molar-refractivity contribution in [2.75, 3.05) is 0 Å². The Hall–Kier alpha value is -2.68. The van der Waals surface area contributed by atoms with E-state index in [0.717, 1.165) is 16.8 Å². The number of para-hydroxylation sites is 1. The average molecular weight is 248 g/mol. The van der Waals surface area contributed by atoms with E-state index < -0.39 is 0 Å². The first-order valence-electron chi connectivity index (χ1n) is 6.03. The summed E-state index contributed by atoms with van der Waals surface area (Å²) >= 11 is 0.